The smallest absolute Gasteiger partial charge is 0.252 e. The lowest BCUT2D eigenvalue weighted by atomic mass is 10.2. The fraction of sp³-hybridized carbons (Fsp3) is 0.500. The van der Waals surface area contributed by atoms with E-state index in [9.17, 15) is 4.79 Å². The highest BCUT2D eigenvalue weighted by atomic mass is 16.2. The number of hydrogen-bond acceptors (Lipinski definition) is 4. The molecule has 5 heteroatoms. The molecule has 1 fully saturated rings. The topological polar surface area (TPSA) is 65.5 Å². The van der Waals surface area contributed by atoms with Crippen molar-refractivity contribution >= 4 is 5.91 Å². The van der Waals surface area contributed by atoms with Crippen LogP contribution < -0.4 is 5.32 Å². The van der Waals surface area contributed by atoms with E-state index in [1.165, 1.54) is 19.0 Å². The lowest BCUT2D eigenvalue weighted by molar-refractivity contribution is 0.0947. The van der Waals surface area contributed by atoms with Crippen molar-refractivity contribution in [1.82, 2.24) is 15.2 Å². The molecule has 0 saturated heterocycles. The minimum atomic E-state index is -0.204. The van der Waals surface area contributed by atoms with Crippen LogP contribution in [0, 0.1) is 11.8 Å². The first kappa shape index (κ1) is 15.5. The van der Waals surface area contributed by atoms with Crippen LogP contribution in [0.2, 0.25) is 0 Å². The Bertz CT molecular complexity index is 544. The summed E-state index contributed by atoms with van der Waals surface area (Å²) < 4.78 is 0. The van der Waals surface area contributed by atoms with Crippen molar-refractivity contribution in [2.24, 2.45) is 0 Å². The molecule has 1 aromatic rings. The van der Waals surface area contributed by atoms with E-state index in [1.54, 1.807) is 12.3 Å². The van der Waals surface area contributed by atoms with Gasteiger partial charge in [0.15, 0.2) is 0 Å². The number of rotatable bonds is 6. The molecule has 5 nitrogen and oxygen atoms in total. The molecule has 0 unspecified atom stereocenters. The third-order valence-electron chi connectivity index (χ3n) is 3.47. The molecule has 1 aliphatic carbocycles. The predicted octanol–water partition coefficient (Wildman–Crippen LogP) is 0.639. The van der Waals surface area contributed by atoms with Gasteiger partial charge in [-0.3, -0.25) is 14.7 Å². The van der Waals surface area contributed by atoms with Crippen LogP contribution in [0.1, 0.15) is 35.7 Å². The zero-order valence-corrected chi connectivity index (χ0v) is 12.3. The average molecular weight is 287 g/mol. The van der Waals surface area contributed by atoms with Gasteiger partial charge in [-0.1, -0.05) is 18.8 Å². The first-order valence-electron chi connectivity index (χ1n) is 7.31. The highest BCUT2D eigenvalue weighted by molar-refractivity contribution is 5.94. The fourth-order valence-corrected chi connectivity index (χ4v) is 2.23. The summed E-state index contributed by atoms with van der Waals surface area (Å²) in [6, 6.07) is 2.40. The van der Waals surface area contributed by atoms with Crippen molar-refractivity contribution in [1.29, 1.82) is 0 Å². The molecule has 0 aliphatic heterocycles. The molecular weight excluding hydrogens is 266 g/mol. The van der Waals surface area contributed by atoms with Gasteiger partial charge in [-0.15, -0.1) is 0 Å². The molecule has 2 N–H and O–H groups in total. The third kappa shape index (κ3) is 4.85. The number of pyridine rings is 1. The van der Waals surface area contributed by atoms with E-state index in [0.717, 1.165) is 13.1 Å². The van der Waals surface area contributed by atoms with Crippen LogP contribution in [-0.4, -0.2) is 53.2 Å². The van der Waals surface area contributed by atoms with Crippen molar-refractivity contribution in [3.05, 3.63) is 29.6 Å². The standard InChI is InChI=1S/C16H21N3O2/c1-2-19(15-5-6-15)8-7-18-16(21)14-10-13(4-3-9-20)11-17-12-14/h10-12,15,20H,2,5-9H2,1H3,(H,18,21). The number of carbonyl (C=O) groups is 1. The largest absolute Gasteiger partial charge is 0.384 e. The summed E-state index contributed by atoms with van der Waals surface area (Å²) in [7, 11) is 0. The molecule has 112 valence electrons. The lowest BCUT2D eigenvalue weighted by Gasteiger charge is -2.19. The molecule has 1 amide bonds. The normalized spacial score (nSPS) is 13.7. The number of hydrogen-bond donors (Lipinski definition) is 2. The van der Waals surface area contributed by atoms with Gasteiger partial charge < -0.3 is 10.4 Å². The van der Waals surface area contributed by atoms with E-state index in [0.29, 0.717) is 23.7 Å². The van der Waals surface area contributed by atoms with Crippen LogP contribution in [0.3, 0.4) is 0 Å². The van der Waals surface area contributed by atoms with Gasteiger partial charge in [-0.25, -0.2) is 0 Å². The third-order valence-corrected chi connectivity index (χ3v) is 3.47. The van der Waals surface area contributed by atoms with Gasteiger partial charge in [0.2, 0.25) is 0 Å². The Hall–Kier alpha value is -1.90. The van der Waals surface area contributed by atoms with Crippen molar-refractivity contribution in [3.63, 3.8) is 0 Å². The molecule has 21 heavy (non-hydrogen) atoms. The Labute approximate surface area is 125 Å². The van der Waals surface area contributed by atoms with Crippen LogP contribution in [0.15, 0.2) is 18.5 Å². The molecule has 2 rings (SSSR count). The van der Waals surface area contributed by atoms with Crippen LogP contribution in [0.4, 0.5) is 0 Å². The van der Waals surface area contributed by atoms with Gasteiger partial charge in [0.1, 0.15) is 6.61 Å². The number of aliphatic hydroxyl groups excluding tert-OH is 1. The van der Waals surface area contributed by atoms with Crippen molar-refractivity contribution in [2.75, 3.05) is 26.2 Å². The maximum absolute atomic E-state index is 12.1. The summed E-state index contributed by atoms with van der Waals surface area (Å²) in [6.07, 6.45) is 5.65. The van der Waals surface area contributed by atoms with Crippen LogP contribution >= 0.6 is 0 Å². The van der Waals surface area contributed by atoms with Gasteiger partial charge in [0.05, 0.1) is 5.56 Å². The minimum absolute atomic E-state index is 0.137. The molecule has 1 aliphatic rings. The molecule has 1 aromatic heterocycles. The summed E-state index contributed by atoms with van der Waals surface area (Å²) in [5, 5.41) is 11.6. The van der Waals surface area contributed by atoms with E-state index >= 15 is 0 Å². The number of carbonyl (C=O) groups excluding carboxylic acids is 1. The maximum Gasteiger partial charge on any atom is 0.252 e. The number of nitrogens with zero attached hydrogens (tertiary/aromatic N) is 2. The molecule has 0 atom stereocenters. The summed E-state index contributed by atoms with van der Waals surface area (Å²) in [4.78, 5) is 18.5. The van der Waals surface area contributed by atoms with Gasteiger partial charge in [0, 0.05) is 37.1 Å². The van der Waals surface area contributed by atoms with Crippen LogP contribution in [0.25, 0.3) is 0 Å². The second-order valence-electron chi connectivity index (χ2n) is 5.04. The molecule has 0 bridgehead atoms. The Balaban J connectivity index is 1.85. The second-order valence-corrected chi connectivity index (χ2v) is 5.04. The summed E-state index contributed by atoms with van der Waals surface area (Å²) >= 11 is 0. The number of likely N-dealkylation sites (N-methyl/N-ethyl adjacent to an activating group) is 1. The molecule has 1 heterocycles. The molecule has 0 radical (unpaired) electrons. The quantitative estimate of drug-likeness (QED) is 0.754. The molecular formula is C16H21N3O2. The van der Waals surface area contributed by atoms with Crippen molar-refractivity contribution in [3.8, 4) is 11.8 Å². The van der Waals surface area contributed by atoms with Gasteiger partial charge in [-0.05, 0) is 25.5 Å². The maximum atomic E-state index is 12.1. The second kappa shape index (κ2) is 7.77. The van der Waals surface area contributed by atoms with Crippen molar-refractivity contribution in [2.45, 2.75) is 25.8 Å². The molecule has 0 aromatic carbocycles. The van der Waals surface area contributed by atoms with E-state index < -0.39 is 0 Å². The Morgan fingerprint density at radius 3 is 3.00 bits per heavy atom. The Morgan fingerprint density at radius 2 is 2.33 bits per heavy atom. The van der Waals surface area contributed by atoms with E-state index in [1.807, 2.05) is 0 Å². The van der Waals surface area contributed by atoms with Gasteiger partial charge in [-0.2, -0.15) is 0 Å². The van der Waals surface area contributed by atoms with Crippen LogP contribution in [0.5, 0.6) is 0 Å². The Morgan fingerprint density at radius 1 is 1.52 bits per heavy atom. The van der Waals surface area contributed by atoms with Crippen LogP contribution in [-0.2, 0) is 0 Å². The number of nitrogens with one attached hydrogen (secondary N) is 1. The van der Waals surface area contributed by atoms with E-state index in [4.69, 9.17) is 5.11 Å². The molecule has 1 saturated carbocycles. The monoisotopic (exact) mass is 287 g/mol. The average Bonchev–Trinajstić information content (AvgIpc) is 3.34. The highest BCUT2D eigenvalue weighted by Crippen LogP contribution is 2.25. The lowest BCUT2D eigenvalue weighted by Crippen LogP contribution is -2.36. The summed E-state index contributed by atoms with van der Waals surface area (Å²) in [5.41, 5.74) is 1.12. The number of amides is 1. The molecule has 0 spiro atoms. The zero-order chi connectivity index (χ0) is 15.1. The summed E-state index contributed by atoms with van der Waals surface area (Å²) in [6.45, 7) is 4.48. The van der Waals surface area contributed by atoms with Crippen molar-refractivity contribution < 1.29 is 9.90 Å². The highest BCUT2D eigenvalue weighted by Gasteiger charge is 2.27. The minimum Gasteiger partial charge on any atom is -0.384 e. The first-order chi connectivity index (χ1) is 10.2. The van der Waals surface area contributed by atoms with Gasteiger partial charge >= 0.3 is 0 Å². The SMILES string of the molecule is CCN(CCNC(=O)c1cncc(C#CCO)c1)C1CC1. The first-order valence-corrected chi connectivity index (χ1v) is 7.31. The summed E-state index contributed by atoms with van der Waals surface area (Å²) in [5.74, 6) is 5.15. The van der Waals surface area contributed by atoms with E-state index in [-0.39, 0.29) is 12.5 Å². The van der Waals surface area contributed by atoms with Gasteiger partial charge in [0.25, 0.3) is 5.91 Å². The predicted molar refractivity (Wildman–Crippen MR) is 80.8 cm³/mol. The van der Waals surface area contributed by atoms with E-state index in [2.05, 4.69) is 34.0 Å². The number of aliphatic hydroxyl groups is 1. The Kier molecular flexibility index (Phi) is 5.73. The number of aromatic nitrogens is 1. The fourth-order valence-electron chi connectivity index (χ4n) is 2.23. The zero-order valence-electron chi connectivity index (χ0n) is 12.3.